The molecule has 3 heterocycles. The lowest BCUT2D eigenvalue weighted by atomic mass is 10.1. The van der Waals surface area contributed by atoms with E-state index in [1.807, 2.05) is 0 Å². The Hall–Kier alpha value is -2.05. The first-order valence-corrected chi connectivity index (χ1v) is 6.46. The smallest absolute Gasteiger partial charge is 0.315 e. The van der Waals surface area contributed by atoms with Gasteiger partial charge in [0.25, 0.3) is 5.91 Å². The second-order valence-corrected chi connectivity index (χ2v) is 5.09. The van der Waals surface area contributed by atoms with Gasteiger partial charge in [-0.05, 0) is 6.42 Å². The van der Waals surface area contributed by atoms with Crippen LogP contribution in [0.4, 0.5) is 4.79 Å². The average molecular weight is 263 g/mol. The van der Waals surface area contributed by atoms with Crippen molar-refractivity contribution in [2.75, 3.05) is 20.1 Å². The minimum Gasteiger partial charge on any atom is -0.351 e. The molecule has 3 rings (SSSR count). The summed E-state index contributed by atoms with van der Waals surface area (Å²) in [5, 5.41) is 4.52. The van der Waals surface area contributed by atoms with E-state index in [-0.39, 0.29) is 5.91 Å². The largest absolute Gasteiger partial charge is 0.351 e. The lowest BCUT2D eigenvalue weighted by Gasteiger charge is -2.25. The van der Waals surface area contributed by atoms with Gasteiger partial charge in [0.1, 0.15) is 5.69 Å². The van der Waals surface area contributed by atoms with Crippen molar-refractivity contribution in [3.05, 3.63) is 17.0 Å². The molecule has 0 saturated carbocycles. The molecule has 0 unspecified atom stereocenters. The number of amides is 3. The van der Waals surface area contributed by atoms with Crippen LogP contribution in [-0.4, -0.2) is 51.7 Å². The van der Waals surface area contributed by atoms with Crippen LogP contribution in [0.15, 0.2) is 0 Å². The summed E-state index contributed by atoms with van der Waals surface area (Å²) in [7, 11) is 1.80. The number of rotatable bonds is 0. The van der Waals surface area contributed by atoms with E-state index in [0.717, 1.165) is 30.8 Å². The number of aromatic nitrogens is 2. The van der Waals surface area contributed by atoms with Crippen LogP contribution in [0.3, 0.4) is 0 Å². The van der Waals surface area contributed by atoms with Gasteiger partial charge in [0, 0.05) is 38.7 Å². The monoisotopic (exact) mass is 263 g/mol. The molecule has 0 aromatic carbocycles. The number of fused-ring (bicyclic) bond motifs is 3. The molecule has 0 spiro atoms. The molecule has 0 saturated heterocycles. The Kier molecular flexibility index (Phi) is 2.69. The molecule has 7 heteroatoms. The molecule has 0 atom stereocenters. The molecule has 19 heavy (non-hydrogen) atoms. The topological polar surface area (TPSA) is 84.5 Å². The van der Waals surface area contributed by atoms with Crippen molar-refractivity contribution in [2.45, 2.75) is 25.9 Å². The zero-order valence-electron chi connectivity index (χ0n) is 10.9. The number of hydrogen-bond acceptors (Lipinski definition) is 3. The maximum absolute atomic E-state index is 12.4. The highest BCUT2D eigenvalue weighted by Gasteiger charge is 2.31. The summed E-state index contributed by atoms with van der Waals surface area (Å²) in [6.07, 6.45) is 1.56. The molecule has 2 aliphatic rings. The molecule has 102 valence electrons. The molecular formula is C12H17N5O2. The second-order valence-electron chi connectivity index (χ2n) is 5.09. The first kappa shape index (κ1) is 12.0. The van der Waals surface area contributed by atoms with Gasteiger partial charge >= 0.3 is 6.03 Å². The van der Waals surface area contributed by atoms with Crippen LogP contribution >= 0.6 is 0 Å². The highest BCUT2D eigenvalue weighted by atomic mass is 16.2. The number of aryl methyl sites for hydroxylation is 1. The maximum atomic E-state index is 12.4. The van der Waals surface area contributed by atoms with Crippen LogP contribution in [0.2, 0.25) is 0 Å². The van der Waals surface area contributed by atoms with Crippen LogP contribution in [-0.2, 0) is 19.5 Å². The summed E-state index contributed by atoms with van der Waals surface area (Å²) < 4.78 is 1.79. The van der Waals surface area contributed by atoms with Crippen molar-refractivity contribution in [1.29, 1.82) is 0 Å². The molecule has 0 radical (unpaired) electrons. The first-order chi connectivity index (χ1) is 9.08. The van der Waals surface area contributed by atoms with Crippen molar-refractivity contribution in [3.63, 3.8) is 0 Å². The quantitative estimate of drug-likeness (QED) is 0.703. The van der Waals surface area contributed by atoms with Gasteiger partial charge in [0.2, 0.25) is 0 Å². The molecule has 7 nitrogen and oxygen atoms in total. The summed E-state index contributed by atoms with van der Waals surface area (Å²) in [5.41, 5.74) is 7.74. The summed E-state index contributed by atoms with van der Waals surface area (Å²) in [4.78, 5) is 26.9. The standard InChI is InChI=1S/C12H17N5O2/c1-15-4-2-5-17-10(11(15)18)8-7-16(12(13)19)6-3-9(8)14-17/h2-7H2,1H3,(H2,13,19). The third kappa shape index (κ3) is 1.85. The number of carbonyl (C=O) groups is 2. The first-order valence-electron chi connectivity index (χ1n) is 6.46. The van der Waals surface area contributed by atoms with Gasteiger partial charge in [0.05, 0.1) is 12.2 Å². The Morgan fingerprint density at radius 3 is 2.84 bits per heavy atom. The fourth-order valence-electron chi connectivity index (χ4n) is 2.76. The maximum Gasteiger partial charge on any atom is 0.315 e. The Labute approximate surface area is 110 Å². The van der Waals surface area contributed by atoms with Crippen LogP contribution in [0, 0.1) is 0 Å². The predicted molar refractivity (Wildman–Crippen MR) is 67.5 cm³/mol. The molecule has 0 bridgehead atoms. The van der Waals surface area contributed by atoms with Crippen molar-refractivity contribution in [3.8, 4) is 0 Å². The van der Waals surface area contributed by atoms with E-state index in [1.54, 1.807) is 21.5 Å². The van der Waals surface area contributed by atoms with Crippen LogP contribution in [0.5, 0.6) is 0 Å². The van der Waals surface area contributed by atoms with Gasteiger partial charge in [0.15, 0.2) is 0 Å². The number of nitrogens with zero attached hydrogens (tertiary/aromatic N) is 4. The SMILES string of the molecule is CN1CCCn2nc3c(c2C1=O)CN(C(N)=O)CC3. The Bertz CT molecular complexity index is 551. The number of carbonyl (C=O) groups excluding carboxylic acids is 2. The molecule has 2 N–H and O–H groups in total. The minimum absolute atomic E-state index is 0.0161. The zero-order valence-corrected chi connectivity index (χ0v) is 10.9. The van der Waals surface area contributed by atoms with Crippen LogP contribution in [0.1, 0.15) is 28.2 Å². The highest BCUT2D eigenvalue weighted by Crippen LogP contribution is 2.25. The second kappa shape index (κ2) is 4.25. The third-order valence-corrected chi connectivity index (χ3v) is 3.83. The highest BCUT2D eigenvalue weighted by molar-refractivity contribution is 5.94. The molecule has 0 fully saturated rings. The summed E-state index contributed by atoms with van der Waals surface area (Å²) in [6, 6.07) is -0.444. The fraction of sp³-hybridized carbons (Fsp3) is 0.583. The molecule has 0 aliphatic carbocycles. The van der Waals surface area contributed by atoms with Gasteiger partial charge in [-0.15, -0.1) is 0 Å². The van der Waals surface area contributed by atoms with Gasteiger partial charge in [-0.25, -0.2) is 4.79 Å². The van der Waals surface area contributed by atoms with Gasteiger partial charge in [-0.3, -0.25) is 9.48 Å². The molecule has 1 aromatic rings. The van der Waals surface area contributed by atoms with Crippen molar-refractivity contribution in [1.82, 2.24) is 19.6 Å². The van der Waals surface area contributed by atoms with E-state index in [2.05, 4.69) is 5.10 Å². The fourth-order valence-corrected chi connectivity index (χ4v) is 2.76. The number of hydrogen-bond donors (Lipinski definition) is 1. The van der Waals surface area contributed by atoms with Gasteiger partial charge in [-0.1, -0.05) is 0 Å². The number of urea groups is 1. The Morgan fingerprint density at radius 1 is 1.32 bits per heavy atom. The van der Waals surface area contributed by atoms with Crippen molar-refractivity contribution >= 4 is 11.9 Å². The van der Waals surface area contributed by atoms with E-state index in [0.29, 0.717) is 25.2 Å². The van der Waals surface area contributed by atoms with Gasteiger partial charge < -0.3 is 15.5 Å². The van der Waals surface area contributed by atoms with Crippen LogP contribution in [0.25, 0.3) is 0 Å². The van der Waals surface area contributed by atoms with E-state index < -0.39 is 6.03 Å². The van der Waals surface area contributed by atoms with E-state index >= 15 is 0 Å². The molecular weight excluding hydrogens is 246 g/mol. The number of primary amides is 1. The molecule has 1 aromatic heterocycles. The third-order valence-electron chi connectivity index (χ3n) is 3.83. The minimum atomic E-state index is -0.444. The summed E-state index contributed by atoms with van der Waals surface area (Å²) in [5.74, 6) is -0.0161. The van der Waals surface area contributed by atoms with E-state index in [4.69, 9.17) is 5.73 Å². The predicted octanol–water partition coefficient (Wildman–Crippen LogP) is -0.204. The van der Waals surface area contributed by atoms with Crippen molar-refractivity contribution < 1.29 is 9.59 Å². The lowest BCUT2D eigenvalue weighted by Crippen LogP contribution is -2.40. The molecule has 3 amide bonds. The van der Waals surface area contributed by atoms with Crippen LogP contribution < -0.4 is 5.73 Å². The molecule has 2 aliphatic heterocycles. The van der Waals surface area contributed by atoms with Gasteiger partial charge in [-0.2, -0.15) is 5.10 Å². The Morgan fingerprint density at radius 2 is 2.11 bits per heavy atom. The summed E-state index contributed by atoms with van der Waals surface area (Å²) in [6.45, 7) is 2.44. The average Bonchev–Trinajstić information content (AvgIpc) is 2.68. The normalized spacial score (nSPS) is 18.9. The summed E-state index contributed by atoms with van der Waals surface area (Å²) >= 11 is 0. The Balaban J connectivity index is 2.04. The zero-order chi connectivity index (χ0) is 13.6. The lowest BCUT2D eigenvalue weighted by molar-refractivity contribution is 0.0793. The number of nitrogens with two attached hydrogens (primary N) is 1. The van der Waals surface area contributed by atoms with E-state index in [9.17, 15) is 9.59 Å². The van der Waals surface area contributed by atoms with Crippen molar-refractivity contribution in [2.24, 2.45) is 5.73 Å². The van der Waals surface area contributed by atoms with E-state index in [1.165, 1.54) is 0 Å².